The monoisotopic (exact) mass is 299 g/mol. The van der Waals surface area contributed by atoms with Crippen LogP contribution >= 0.6 is 0 Å². The highest BCUT2D eigenvalue weighted by molar-refractivity contribution is 5.99. The molecule has 7 heteroatoms. The minimum atomic E-state index is -0.575. The van der Waals surface area contributed by atoms with Crippen LogP contribution < -0.4 is 11.1 Å². The molecule has 0 aliphatic carbocycles. The van der Waals surface area contributed by atoms with E-state index in [0.717, 1.165) is 29.8 Å². The first-order chi connectivity index (χ1) is 10.5. The number of fused-ring (bicyclic) bond motifs is 1. The van der Waals surface area contributed by atoms with Crippen molar-refractivity contribution in [3.05, 3.63) is 29.7 Å². The number of carbonyl (C=O) groups excluding carboxylic acids is 1. The van der Waals surface area contributed by atoms with Crippen molar-refractivity contribution in [3.8, 4) is 11.4 Å². The maximum absolute atomic E-state index is 11.4. The molecule has 0 radical (unpaired) electrons. The summed E-state index contributed by atoms with van der Waals surface area (Å²) in [6, 6.07) is 5.67. The largest absolute Gasteiger partial charge is 0.337 e. The minimum Gasteiger partial charge on any atom is -0.337 e. The fourth-order valence-corrected chi connectivity index (χ4v) is 3.12. The van der Waals surface area contributed by atoms with Crippen LogP contribution in [0.1, 0.15) is 17.9 Å². The smallest absolute Gasteiger partial charge is 0.248 e. The first kappa shape index (κ1) is 13.4. The molecule has 1 fully saturated rings. The Morgan fingerprint density at radius 2 is 2.32 bits per heavy atom. The summed E-state index contributed by atoms with van der Waals surface area (Å²) >= 11 is 0. The molecule has 1 aromatic heterocycles. The number of rotatable bonds is 2. The van der Waals surface area contributed by atoms with Gasteiger partial charge in [-0.1, -0.05) is 5.16 Å². The molecule has 2 aliphatic rings. The van der Waals surface area contributed by atoms with E-state index in [4.69, 9.17) is 10.3 Å². The third-order valence-corrected chi connectivity index (χ3v) is 4.33. The number of likely N-dealkylation sites (tertiary alicyclic amines) is 1. The Morgan fingerprint density at radius 1 is 1.45 bits per heavy atom. The van der Waals surface area contributed by atoms with Crippen molar-refractivity contribution >= 4 is 11.6 Å². The summed E-state index contributed by atoms with van der Waals surface area (Å²) in [5.41, 5.74) is 8.44. The molecule has 1 amide bonds. The molecular formula is C15H17N5O2. The van der Waals surface area contributed by atoms with Gasteiger partial charge in [0.2, 0.25) is 17.6 Å². The van der Waals surface area contributed by atoms with Crippen molar-refractivity contribution < 1.29 is 9.32 Å². The third kappa shape index (κ3) is 2.10. The maximum atomic E-state index is 11.4. The zero-order chi connectivity index (χ0) is 15.3. The molecule has 2 aliphatic heterocycles. The van der Waals surface area contributed by atoms with Crippen LogP contribution in [0.4, 0.5) is 5.69 Å². The Labute approximate surface area is 127 Å². The predicted molar refractivity (Wildman–Crippen MR) is 80.0 cm³/mol. The van der Waals surface area contributed by atoms with Crippen LogP contribution in [0, 0.1) is 0 Å². The fraction of sp³-hybridized carbons (Fsp3) is 0.400. The molecule has 1 unspecified atom stereocenters. The van der Waals surface area contributed by atoms with Gasteiger partial charge in [-0.15, -0.1) is 0 Å². The summed E-state index contributed by atoms with van der Waals surface area (Å²) in [7, 11) is 2.02. The van der Waals surface area contributed by atoms with Crippen LogP contribution in [0.15, 0.2) is 22.7 Å². The number of amides is 1. The van der Waals surface area contributed by atoms with E-state index in [1.54, 1.807) is 0 Å². The fourth-order valence-electron chi connectivity index (χ4n) is 3.12. The van der Waals surface area contributed by atoms with Crippen molar-refractivity contribution in [1.29, 1.82) is 0 Å². The normalized spacial score (nSPS) is 24.5. The molecule has 4 rings (SSSR count). The number of hydrogen-bond donors (Lipinski definition) is 2. The molecule has 0 saturated carbocycles. The molecule has 3 N–H and O–H groups in total. The van der Waals surface area contributed by atoms with Gasteiger partial charge < -0.3 is 20.5 Å². The van der Waals surface area contributed by atoms with Gasteiger partial charge in [-0.2, -0.15) is 4.98 Å². The standard InChI is InChI=1S/C15H17N5O2/c1-20-5-4-15(16,8-20)14-18-13(19-22-14)9-2-3-11-10(6-9)7-12(21)17-11/h2-3,6H,4-5,7-8,16H2,1H3,(H,17,21). The van der Waals surface area contributed by atoms with Gasteiger partial charge in [-0.05, 0) is 37.2 Å². The number of benzene rings is 1. The number of carbonyl (C=O) groups is 1. The number of hydrogen-bond acceptors (Lipinski definition) is 6. The molecule has 1 atom stereocenters. The number of aromatic nitrogens is 2. The number of likely N-dealkylation sites (N-methyl/N-ethyl adjacent to an activating group) is 1. The van der Waals surface area contributed by atoms with Crippen molar-refractivity contribution in [2.45, 2.75) is 18.4 Å². The quantitative estimate of drug-likeness (QED) is 0.848. The lowest BCUT2D eigenvalue weighted by Gasteiger charge is -2.18. The molecule has 0 bridgehead atoms. The van der Waals surface area contributed by atoms with E-state index in [1.165, 1.54) is 0 Å². The van der Waals surface area contributed by atoms with Gasteiger partial charge in [-0.25, -0.2) is 0 Å². The van der Waals surface area contributed by atoms with Crippen LogP contribution in [0.3, 0.4) is 0 Å². The van der Waals surface area contributed by atoms with E-state index in [1.807, 2.05) is 25.2 Å². The van der Waals surface area contributed by atoms with E-state index < -0.39 is 5.54 Å². The first-order valence-corrected chi connectivity index (χ1v) is 7.28. The van der Waals surface area contributed by atoms with E-state index in [0.29, 0.717) is 24.7 Å². The minimum absolute atomic E-state index is 0.0101. The summed E-state index contributed by atoms with van der Waals surface area (Å²) < 4.78 is 5.40. The average molecular weight is 299 g/mol. The summed E-state index contributed by atoms with van der Waals surface area (Å²) in [5, 5.41) is 6.86. The van der Waals surface area contributed by atoms with Crippen molar-refractivity contribution in [2.75, 3.05) is 25.5 Å². The summed E-state index contributed by atoms with van der Waals surface area (Å²) in [4.78, 5) is 18.0. The van der Waals surface area contributed by atoms with Crippen LogP contribution in [0.25, 0.3) is 11.4 Å². The van der Waals surface area contributed by atoms with Crippen molar-refractivity contribution in [1.82, 2.24) is 15.0 Å². The van der Waals surface area contributed by atoms with Gasteiger partial charge in [0.15, 0.2) is 0 Å². The second-order valence-electron chi connectivity index (χ2n) is 6.16. The Hall–Kier alpha value is -2.25. The topological polar surface area (TPSA) is 97.3 Å². The van der Waals surface area contributed by atoms with Crippen LogP contribution in [-0.4, -0.2) is 41.1 Å². The molecule has 1 aromatic carbocycles. The second kappa shape index (κ2) is 4.62. The van der Waals surface area contributed by atoms with Gasteiger partial charge >= 0.3 is 0 Å². The van der Waals surface area contributed by atoms with Gasteiger partial charge in [0.1, 0.15) is 5.54 Å². The number of anilines is 1. The number of nitrogens with one attached hydrogen (secondary N) is 1. The Morgan fingerprint density at radius 3 is 3.09 bits per heavy atom. The molecule has 22 heavy (non-hydrogen) atoms. The molecule has 7 nitrogen and oxygen atoms in total. The highest BCUT2D eigenvalue weighted by atomic mass is 16.5. The summed E-state index contributed by atoms with van der Waals surface area (Å²) in [5.74, 6) is 0.994. The molecule has 2 aromatic rings. The van der Waals surface area contributed by atoms with Gasteiger partial charge in [0.05, 0.1) is 6.42 Å². The molecule has 3 heterocycles. The van der Waals surface area contributed by atoms with Crippen LogP contribution in [0.5, 0.6) is 0 Å². The van der Waals surface area contributed by atoms with Gasteiger partial charge in [0.25, 0.3) is 0 Å². The number of nitrogens with two attached hydrogens (primary N) is 1. The summed E-state index contributed by atoms with van der Waals surface area (Å²) in [6.45, 7) is 1.62. The van der Waals surface area contributed by atoms with E-state index in [-0.39, 0.29) is 5.91 Å². The highest BCUT2D eigenvalue weighted by Crippen LogP contribution is 2.31. The Balaban J connectivity index is 1.65. The van der Waals surface area contributed by atoms with E-state index >= 15 is 0 Å². The average Bonchev–Trinajstić information content (AvgIpc) is 3.16. The summed E-state index contributed by atoms with van der Waals surface area (Å²) in [6.07, 6.45) is 1.19. The zero-order valence-corrected chi connectivity index (χ0v) is 12.3. The number of nitrogens with zero attached hydrogens (tertiary/aromatic N) is 3. The van der Waals surface area contributed by atoms with Crippen LogP contribution in [0.2, 0.25) is 0 Å². The maximum Gasteiger partial charge on any atom is 0.248 e. The molecular weight excluding hydrogens is 282 g/mol. The Kier molecular flexibility index (Phi) is 2.82. The third-order valence-electron chi connectivity index (χ3n) is 4.33. The van der Waals surface area contributed by atoms with Gasteiger partial charge in [-0.3, -0.25) is 4.79 Å². The van der Waals surface area contributed by atoms with E-state index in [2.05, 4.69) is 20.4 Å². The lowest BCUT2D eigenvalue weighted by molar-refractivity contribution is -0.115. The lowest BCUT2D eigenvalue weighted by atomic mass is 10.0. The molecule has 1 saturated heterocycles. The first-order valence-electron chi connectivity index (χ1n) is 7.28. The van der Waals surface area contributed by atoms with Crippen molar-refractivity contribution in [2.24, 2.45) is 5.73 Å². The van der Waals surface area contributed by atoms with Crippen molar-refractivity contribution in [3.63, 3.8) is 0 Å². The molecule has 114 valence electrons. The van der Waals surface area contributed by atoms with Crippen LogP contribution in [-0.2, 0) is 16.8 Å². The highest BCUT2D eigenvalue weighted by Gasteiger charge is 2.39. The second-order valence-corrected chi connectivity index (χ2v) is 6.16. The van der Waals surface area contributed by atoms with E-state index in [9.17, 15) is 4.79 Å². The predicted octanol–water partition coefficient (Wildman–Crippen LogP) is 0.721. The van der Waals surface area contributed by atoms with Gasteiger partial charge in [0, 0.05) is 24.3 Å². The lowest BCUT2D eigenvalue weighted by Crippen LogP contribution is -2.39. The Bertz CT molecular complexity index is 756. The zero-order valence-electron chi connectivity index (χ0n) is 12.3. The SMILES string of the molecule is CN1CCC(N)(c2nc(-c3ccc4c(c3)CC(=O)N4)no2)C1. The molecule has 0 spiro atoms.